The average Bonchev–Trinajstić information content (AvgIpc) is 2.35. The van der Waals surface area contributed by atoms with Crippen molar-refractivity contribution in [1.29, 1.82) is 0 Å². The van der Waals surface area contributed by atoms with Crippen molar-refractivity contribution in [3.05, 3.63) is 0 Å². The van der Waals surface area contributed by atoms with Gasteiger partial charge in [-0.1, -0.05) is 6.92 Å². The molecule has 0 aliphatic carbocycles. The highest BCUT2D eigenvalue weighted by molar-refractivity contribution is 7.91. The highest BCUT2D eigenvalue weighted by atomic mass is 32.2. The lowest BCUT2D eigenvalue weighted by Crippen LogP contribution is -2.30. The minimum atomic E-state index is -2.74. The van der Waals surface area contributed by atoms with Crippen molar-refractivity contribution in [2.45, 2.75) is 19.8 Å². The van der Waals surface area contributed by atoms with Crippen LogP contribution in [0.3, 0.4) is 0 Å². The van der Waals surface area contributed by atoms with Crippen molar-refractivity contribution in [2.75, 3.05) is 44.2 Å². The van der Waals surface area contributed by atoms with Gasteiger partial charge in [-0.3, -0.25) is 0 Å². The van der Waals surface area contributed by atoms with E-state index >= 15 is 0 Å². The fraction of sp³-hybridized carbons (Fsp3) is 1.00. The number of nitrogens with zero attached hydrogens (tertiary/aromatic N) is 1. The smallest absolute Gasteiger partial charge is 0.151 e. The topological polar surface area (TPSA) is 49.4 Å². The summed E-state index contributed by atoms with van der Waals surface area (Å²) >= 11 is 0. The molecule has 0 radical (unpaired) electrons. The Morgan fingerprint density at radius 1 is 1.27 bits per heavy atom. The molecule has 90 valence electrons. The van der Waals surface area contributed by atoms with E-state index in [-0.39, 0.29) is 0 Å². The van der Waals surface area contributed by atoms with Crippen LogP contribution in [0.1, 0.15) is 19.8 Å². The van der Waals surface area contributed by atoms with E-state index in [1.807, 2.05) is 0 Å². The van der Waals surface area contributed by atoms with Gasteiger partial charge in [0, 0.05) is 6.54 Å². The molecule has 1 heterocycles. The molecule has 4 nitrogen and oxygen atoms in total. The molecule has 1 rings (SSSR count). The highest BCUT2D eigenvalue weighted by Crippen LogP contribution is 2.05. The molecular weight excluding hydrogens is 212 g/mol. The Hall–Kier alpha value is -0.130. The standard InChI is InChI=1S/C10H22N2O2S/c1-2-11-5-3-6-12-7-4-9-15(13,14)10-8-12/h11H,2-10H2,1H3. The van der Waals surface area contributed by atoms with E-state index in [0.717, 1.165) is 39.0 Å². The molecule has 0 aromatic heterocycles. The van der Waals surface area contributed by atoms with Gasteiger partial charge >= 0.3 is 0 Å². The van der Waals surface area contributed by atoms with Gasteiger partial charge in [0.15, 0.2) is 9.84 Å². The first-order valence-electron chi connectivity index (χ1n) is 5.77. The van der Waals surface area contributed by atoms with Crippen LogP contribution in [-0.2, 0) is 9.84 Å². The van der Waals surface area contributed by atoms with Crippen LogP contribution in [-0.4, -0.2) is 57.5 Å². The molecule has 1 aliphatic heterocycles. The maximum atomic E-state index is 11.4. The molecule has 0 aromatic carbocycles. The van der Waals surface area contributed by atoms with Gasteiger partial charge in [-0.25, -0.2) is 8.42 Å². The lowest BCUT2D eigenvalue weighted by atomic mass is 10.3. The van der Waals surface area contributed by atoms with E-state index in [2.05, 4.69) is 17.1 Å². The van der Waals surface area contributed by atoms with Crippen LogP contribution in [0.15, 0.2) is 0 Å². The molecule has 0 unspecified atom stereocenters. The third-order valence-electron chi connectivity index (χ3n) is 2.73. The third kappa shape index (κ3) is 5.49. The SMILES string of the molecule is CCNCCCN1CCCS(=O)(=O)CC1. The Kier molecular flexibility index (Phi) is 5.56. The molecule has 0 saturated carbocycles. The number of nitrogens with one attached hydrogen (secondary N) is 1. The largest absolute Gasteiger partial charge is 0.317 e. The molecule has 0 amide bonds. The third-order valence-corrected chi connectivity index (χ3v) is 4.44. The van der Waals surface area contributed by atoms with Crippen LogP contribution in [0, 0.1) is 0 Å². The molecule has 1 fully saturated rings. The Bertz CT molecular complexity index is 265. The summed E-state index contributed by atoms with van der Waals surface area (Å²) in [5.74, 6) is 0.713. The Labute approximate surface area is 93.0 Å². The van der Waals surface area contributed by atoms with Crippen LogP contribution in [0.2, 0.25) is 0 Å². The number of hydrogen-bond donors (Lipinski definition) is 1. The van der Waals surface area contributed by atoms with Gasteiger partial charge in [0.05, 0.1) is 11.5 Å². The molecule has 0 bridgehead atoms. The predicted octanol–water partition coefficient (Wildman–Crippen LogP) is 0.107. The maximum Gasteiger partial charge on any atom is 0.151 e. The van der Waals surface area contributed by atoms with Gasteiger partial charge in [0.1, 0.15) is 0 Å². The minimum absolute atomic E-state index is 0.341. The summed E-state index contributed by atoms with van der Waals surface area (Å²) in [4.78, 5) is 2.27. The van der Waals surface area contributed by atoms with Gasteiger partial charge in [0.25, 0.3) is 0 Å². The molecule has 1 N–H and O–H groups in total. The second-order valence-corrected chi connectivity index (χ2v) is 6.36. The molecule has 15 heavy (non-hydrogen) atoms. The zero-order valence-corrected chi connectivity index (χ0v) is 10.4. The van der Waals surface area contributed by atoms with Gasteiger partial charge in [-0.05, 0) is 39.0 Å². The quantitative estimate of drug-likeness (QED) is 0.686. The van der Waals surface area contributed by atoms with Crippen molar-refractivity contribution >= 4 is 9.84 Å². The fourth-order valence-electron chi connectivity index (χ4n) is 1.82. The van der Waals surface area contributed by atoms with Crippen LogP contribution < -0.4 is 5.32 Å². The van der Waals surface area contributed by atoms with Gasteiger partial charge in [0.2, 0.25) is 0 Å². The highest BCUT2D eigenvalue weighted by Gasteiger charge is 2.18. The Morgan fingerprint density at radius 2 is 2.07 bits per heavy atom. The van der Waals surface area contributed by atoms with Crippen LogP contribution in [0.5, 0.6) is 0 Å². The van der Waals surface area contributed by atoms with E-state index in [4.69, 9.17) is 0 Å². The van der Waals surface area contributed by atoms with Crippen molar-refractivity contribution in [1.82, 2.24) is 10.2 Å². The first kappa shape index (κ1) is 12.9. The van der Waals surface area contributed by atoms with Crippen molar-refractivity contribution in [2.24, 2.45) is 0 Å². The summed E-state index contributed by atoms with van der Waals surface area (Å²) < 4.78 is 22.7. The van der Waals surface area contributed by atoms with Gasteiger partial charge in [-0.15, -0.1) is 0 Å². The Balaban J connectivity index is 2.20. The first-order chi connectivity index (χ1) is 7.14. The van der Waals surface area contributed by atoms with Crippen molar-refractivity contribution in [3.8, 4) is 0 Å². The first-order valence-corrected chi connectivity index (χ1v) is 7.59. The predicted molar refractivity (Wildman–Crippen MR) is 62.9 cm³/mol. The molecule has 1 aliphatic rings. The molecule has 0 aromatic rings. The molecule has 1 saturated heterocycles. The summed E-state index contributed by atoms with van der Waals surface area (Å²) in [6.07, 6.45) is 1.90. The Morgan fingerprint density at radius 3 is 2.80 bits per heavy atom. The van der Waals surface area contributed by atoms with E-state index in [0.29, 0.717) is 18.1 Å². The molecule has 0 atom stereocenters. The second kappa shape index (κ2) is 6.45. The van der Waals surface area contributed by atoms with Crippen LogP contribution in [0.4, 0.5) is 0 Å². The zero-order valence-electron chi connectivity index (χ0n) is 9.54. The van der Waals surface area contributed by atoms with Crippen molar-refractivity contribution < 1.29 is 8.42 Å². The van der Waals surface area contributed by atoms with E-state index in [1.165, 1.54) is 0 Å². The molecule has 5 heteroatoms. The van der Waals surface area contributed by atoms with Gasteiger partial charge < -0.3 is 10.2 Å². The lowest BCUT2D eigenvalue weighted by molar-refractivity contribution is 0.290. The van der Waals surface area contributed by atoms with E-state index in [1.54, 1.807) is 0 Å². The summed E-state index contributed by atoms with van der Waals surface area (Å²) in [7, 11) is -2.74. The normalized spacial score (nSPS) is 22.5. The van der Waals surface area contributed by atoms with Crippen LogP contribution in [0.25, 0.3) is 0 Å². The van der Waals surface area contributed by atoms with Crippen molar-refractivity contribution in [3.63, 3.8) is 0 Å². The summed E-state index contributed by atoms with van der Waals surface area (Å²) in [6, 6.07) is 0. The van der Waals surface area contributed by atoms with Gasteiger partial charge in [-0.2, -0.15) is 0 Å². The van der Waals surface area contributed by atoms with Crippen LogP contribution >= 0.6 is 0 Å². The molecule has 0 spiro atoms. The fourth-order valence-corrected chi connectivity index (χ4v) is 3.13. The number of sulfone groups is 1. The maximum absolute atomic E-state index is 11.4. The van der Waals surface area contributed by atoms with E-state index < -0.39 is 9.84 Å². The minimum Gasteiger partial charge on any atom is -0.317 e. The zero-order chi connectivity index (χ0) is 11.1. The second-order valence-electron chi connectivity index (χ2n) is 4.05. The number of hydrogen-bond acceptors (Lipinski definition) is 4. The summed E-state index contributed by atoms with van der Waals surface area (Å²) in [5.41, 5.74) is 0. The molecular formula is C10H22N2O2S. The summed E-state index contributed by atoms with van der Waals surface area (Å²) in [5, 5.41) is 3.27. The lowest BCUT2D eigenvalue weighted by Gasteiger charge is -2.18. The number of rotatable bonds is 5. The monoisotopic (exact) mass is 234 g/mol. The average molecular weight is 234 g/mol. The summed E-state index contributed by atoms with van der Waals surface area (Å²) in [6.45, 7) is 6.80. The van der Waals surface area contributed by atoms with E-state index in [9.17, 15) is 8.42 Å².